The Hall–Kier alpha value is -3.70. The monoisotopic (exact) mass is 588 g/mol. The second-order valence-electron chi connectivity index (χ2n) is 10.6. The number of carbonyl (C=O) groups is 4. The first kappa shape index (κ1) is 34.5. The average molecular weight is 589 g/mol. The topological polar surface area (TPSA) is 138 Å². The standard InChI is InChI=1S/C31H44N2O9/c1-6-18-39-28(35)27-24(15-14-22-11-8-7-9-12-22)41-23(13-10-19-38-20-16-25(34)32-5)26(27)29(36)40-21-17-33-30(37)42-31(2,3)4/h7-15,23-24,26-27H,6,16-21H2,1-5H3,(H,32,34)(H,33,37)/b13-10+,15-14+. The minimum Gasteiger partial charge on any atom is -0.465 e. The summed E-state index contributed by atoms with van der Waals surface area (Å²) in [5, 5.41) is 5.07. The number of rotatable bonds is 15. The Bertz CT molecular complexity index is 1070. The Kier molecular flexibility index (Phi) is 14.8. The van der Waals surface area contributed by atoms with Crippen LogP contribution in [0.15, 0.2) is 48.6 Å². The lowest BCUT2D eigenvalue weighted by molar-refractivity contribution is -0.159. The Balaban J connectivity index is 2.19. The van der Waals surface area contributed by atoms with Crippen molar-refractivity contribution in [1.29, 1.82) is 0 Å². The average Bonchev–Trinajstić information content (AvgIpc) is 3.32. The first-order chi connectivity index (χ1) is 20.1. The predicted molar refractivity (Wildman–Crippen MR) is 156 cm³/mol. The summed E-state index contributed by atoms with van der Waals surface area (Å²) in [5.41, 5.74) is 0.236. The number of carbonyl (C=O) groups excluding carboxylic acids is 4. The predicted octanol–water partition coefficient (Wildman–Crippen LogP) is 3.43. The van der Waals surface area contributed by atoms with Gasteiger partial charge in [-0.05, 0) is 32.8 Å². The Morgan fingerprint density at radius 1 is 0.929 bits per heavy atom. The number of ether oxygens (including phenoxy) is 5. The molecule has 11 nitrogen and oxygen atoms in total. The van der Waals surface area contributed by atoms with Crippen LogP contribution < -0.4 is 10.6 Å². The van der Waals surface area contributed by atoms with Gasteiger partial charge in [-0.3, -0.25) is 14.4 Å². The normalized spacial score (nSPS) is 20.4. The lowest BCUT2D eigenvalue weighted by Crippen LogP contribution is -2.38. The fourth-order valence-electron chi connectivity index (χ4n) is 4.07. The molecular weight excluding hydrogens is 544 g/mol. The van der Waals surface area contributed by atoms with Crippen molar-refractivity contribution in [3.63, 3.8) is 0 Å². The molecule has 11 heteroatoms. The van der Waals surface area contributed by atoms with Crippen molar-refractivity contribution in [3.05, 3.63) is 54.1 Å². The number of esters is 2. The maximum Gasteiger partial charge on any atom is 0.407 e. The van der Waals surface area contributed by atoms with E-state index in [1.54, 1.807) is 46.0 Å². The highest BCUT2D eigenvalue weighted by Gasteiger charge is 2.51. The molecule has 2 N–H and O–H groups in total. The fourth-order valence-corrected chi connectivity index (χ4v) is 4.07. The number of alkyl carbamates (subject to hydrolysis) is 1. The molecule has 0 saturated carbocycles. The van der Waals surface area contributed by atoms with Crippen LogP contribution in [0.5, 0.6) is 0 Å². The minimum absolute atomic E-state index is 0.0240. The molecule has 1 aromatic carbocycles. The molecule has 1 saturated heterocycles. The first-order valence-corrected chi connectivity index (χ1v) is 14.2. The smallest absolute Gasteiger partial charge is 0.407 e. The van der Waals surface area contributed by atoms with Crippen LogP contribution in [0, 0.1) is 11.8 Å². The number of hydrogen-bond acceptors (Lipinski definition) is 9. The van der Waals surface area contributed by atoms with Crippen molar-refractivity contribution in [2.24, 2.45) is 11.8 Å². The molecule has 0 spiro atoms. The van der Waals surface area contributed by atoms with E-state index in [1.807, 2.05) is 43.3 Å². The molecule has 0 radical (unpaired) electrons. The Morgan fingerprint density at radius 2 is 1.57 bits per heavy atom. The van der Waals surface area contributed by atoms with E-state index in [4.69, 9.17) is 23.7 Å². The van der Waals surface area contributed by atoms with Gasteiger partial charge in [0, 0.05) is 13.5 Å². The number of amides is 2. The molecule has 1 heterocycles. The van der Waals surface area contributed by atoms with Gasteiger partial charge in [-0.25, -0.2) is 4.79 Å². The van der Waals surface area contributed by atoms with Gasteiger partial charge in [0.05, 0.1) is 38.6 Å². The summed E-state index contributed by atoms with van der Waals surface area (Å²) in [7, 11) is 1.55. The van der Waals surface area contributed by atoms with Crippen molar-refractivity contribution in [1.82, 2.24) is 10.6 Å². The van der Waals surface area contributed by atoms with E-state index < -0.39 is 47.7 Å². The second-order valence-corrected chi connectivity index (χ2v) is 10.6. The van der Waals surface area contributed by atoms with Crippen LogP contribution in [0.2, 0.25) is 0 Å². The molecule has 4 atom stereocenters. The van der Waals surface area contributed by atoms with Crippen LogP contribution in [0.4, 0.5) is 4.79 Å². The number of nitrogens with one attached hydrogen (secondary N) is 2. The second kappa shape index (κ2) is 18.0. The largest absolute Gasteiger partial charge is 0.465 e. The zero-order valence-electron chi connectivity index (χ0n) is 25.1. The summed E-state index contributed by atoms with van der Waals surface area (Å²) in [4.78, 5) is 50.0. The molecule has 2 amide bonds. The number of hydrogen-bond donors (Lipinski definition) is 2. The van der Waals surface area contributed by atoms with Gasteiger partial charge in [0.25, 0.3) is 0 Å². The summed E-state index contributed by atoms with van der Waals surface area (Å²) in [6.07, 6.45) is 5.52. The molecule has 1 aliphatic heterocycles. The molecule has 232 valence electrons. The molecule has 1 fully saturated rings. The third-order valence-corrected chi connectivity index (χ3v) is 5.99. The van der Waals surface area contributed by atoms with Gasteiger partial charge < -0.3 is 34.3 Å². The molecule has 4 unspecified atom stereocenters. The van der Waals surface area contributed by atoms with Crippen LogP contribution >= 0.6 is 0 Å². The highest BCUT2D eigenvalue weighted by molar-refractivity contribution is 5.84. The van der Waals surface area contributed by atoms with Gasteiger partial charge in [-0.15, -0.1) is 0 Å². The molecular formula is C31H44N2O9. The van der Waals surface area contributed by atoms with Crippen LogP contribution in [0.25, 0.3) is 6.08 Å². The van der Waals surface area contributed by atoms with Gasteiger partial charge >= 0.3 is 18.0 Å². The third kappa shape index (κ3) is 12.4. The lowest BCUT2D eigenvalue weighted by atomic mass is 9.86. The summed E-state index contributed by atoms with van der Waals surface area (Å²) in [6, 6.07) is 9.50. The van der Waals surface area contributed by atoms with Crippen LogP contribution in [0.1, 0.15) is 46.1 Å². The van der Waals surface area contributed by atoms with E-state index >= 15 is 0 Å². The molecule has 1 aliphatic rings. The number of benzene rings is 1. The van der Waals surface area contributed by atoms with Crippen LogP contribution in [-0.2, 0) is 38.1 Å². The van der Waals surface area contributed by atoms with Gasteiger partial charge in [-0.1, -0.05) is 61.6 Å². The minimum atomic E-state index is -1.01. The van der Waals surface area contributed by atoms with Crippen molar-refractivity contribution in [2.45, 2.75) is 58.3 Å². The summed E-state index contributed by atoms with van der Waals surface area (Å²) in [6.45, 7) is 7.60. The van der Waals surface area contributed by atoms with Gasteiger partial charge in [0.15, 0.2) is 0 Å². The van der Waals surface area contributed by atoms with E-state index in [0.29, 0.717) is 6.42 Å². The van der Waals surface area contributed by atoms with Gasteiger partial charge in [0.2, 0.25) is 5.91 Å². The van der Waals surface area contributed by atoms with E-state index in [2.05, 4.69) is 10.6 Å². The summed E-state index contributed by atoms with van der Waals surface area (Å²) in [5.74, 6) is -3.34. The third-order valence-electron chi connectivity index (χ3n) is 5.99. The van der Waals surface area contributed by atoms with Crippen molar-refractivity contribution >= 4 is 30.0 Å². The maximum atomic E-state index is 13.4. The molecule has 2 rings (SSSR count). The fraction of sp³-hybridized carbons (Fsp3) is 0.548. The SMILES string of the molecule is CCCOC(=O)C1C(/C=C/c2ccccc2)OC(/C=C/COCCC(=O)NC)C1C(=O)OCCNC(=O)OC(C)(C)C. The summed E-state index contributed by atoms with van der Waals surface area (Å²) < 4.78 is 27.8. The van der Waals surface area contributed by atoms with Gasteiger partial charge in [0.1, 0.15) is 24.0 Å². The van der Waals surface area contributed by atoms with E-state index in [1.165, 1.54) is 0 Å². The zero-order chi connectivity index (χ0) is 31.0. The first-order valence-electron chi connectivity index (χ1n) is 14.2. The van der Waals surface area contributed by atoms with Crippen LogP contribution in [-0.4, -0.2) is 81.8 Å². The van der Waals surface area contributed by atoms with Crippen molar-refractivity contribution in [3.8, 4) is 0 Å². The van der Waals surface area contributed by atoms with Gasteiger partial charge in [-0.2, -0.15) is 0 Å². The van der Waals surface area contributed by atoms with E-state index in [9.17, 15) is 19.2 Å². The Morgan fingerprint density at radius 3 is 2.19 bits per heavy atom. The van der Waals surface area contributed by atoms with Crippen molar-refractivity contribution < 1.29 is 42.9 Å². The molecule has 0 bridgehead atoms. The summed E-state index contributed by atoms with van der Waals surface area (Å²) >= 11 is 0. The molecule has 1 aromatic rings. The van der Waals surface area contributed by atoms with E-state index in [0.717, 1.165) is 5.56 Å². The maximum absolute atomic E-state index is 13.4. The molecule has 0 aliphatic carbocycles. The van der Waals surface area contributed by atoms with E-state index in [-0.39, 0.29) is 45.3 Å². The van der Waals surface area contributed by atoms with Crippen LogP contribution in [0.3, 0.4) is 0 Å². The quantitative estimate of drug-likeness (QED) is 0.137. The lowest BCUT2D eigenvalue weighted by Gasteiger charge is -2.21. The molecule has 42 heavy (non-hydrogen) atoms. The zero-order valence-corrected chi connectivity index (χ0v) is 25.1. The molecule has 0 aromatic heterocycles. The van der Waals surface area contributed by atoms with Crippen molar-refractivity contribution in [2.75, 3.05) is 40.0 Å². The Labute approximate surface area is 247 Å². The highest BCUT2D eigenvalue weighted by Crippen LogP contribution is 2.37. The highest BCUT2D eigenvalue weighted by atomic mass is 16.6.